The van der Waals surface area contributed by atoms with E-state index in [0.29, 0.717) is 18.4 Å². The Balaban J connectivity index is 3.25. The number of nitro benzene ring substituents is 1. The Morgan fingerprint density at radius 3 is 2.23 bits per heavy atom. The van der Waals surface area contributed by atoms with Gasteiger partial charge in [0.2, 0.25) is 0 Å². The van der Waals surface area contributed by atoms with Gasteiger partial charge in [0.05, 0.1) is 18.1 Å². The highest BCUT2D eigenvalue weighted by atomic mass is 31.2. The monoisotopic (exact) mass is 383 g/mol. The van der Waals surface area contributed by atoms with Crippen molar-refractivity contribution in [1.29, 1.82) is 0 Å². The van der Waals surface area contributed by atoms with Crippen molar-refractivity contribution < 1.29 is 23.3 Å². The molecule has 0 aliphatic rings. The molecule has 0 spiro atoms. The molecule has 26 heavy (non-hydrogen) atoms. The van der Waals surface area contributed by atoms with Gasteiger partial charge in [-0.05, 0) is 31.4 Å². The number of non-ortho nitro benzene ring substituents is 1. The van der Waals surface area contributed by atoms with Gasteiger partial charge in [0.15, 0.2) is 5.78 Å². The highest BCUT2D eigenvalue weighted by Crippen LogP contribution is 2.57. The molecule has 0 N–H and O–H groups in total. The summed E-state index contributed by atoms with van der Waals surface area (Å²) in [6, 6.07) is 5.76. The Morgan fingerprint density at radius 1 is 1.19 bits per heavy atom. The molecule has 0 saturated carbocycles. The van der Waals surface area contributed by atoms with Crippen LogP contribution in [0.5, 0.6) is 0 Å². The van der Waals surface area contributed by atoms with Crippen molar-refractivity contribution in [2.45, 2.75) is 46.5 Å². The number of hydrogen-bond donors (Lipinski definition) is 0. The molecule has 0 fully saturated rings. The Labute approximate surface area is 154 Å². The molecule has 144 valence electrons. The van der Waals surface area contributed by atoms with Crippen molar-refractivity contribution in [3.63, 3.8) is 0 Å². The van der Waals surface area contributed by atoms with E-state index in [9.17, 15) is 19.5 Å². The lowest BCUT2D eigenvalue weighted by atomic mass is 10.2. The molecule has 7 nitrogen and oxygen atoms in total. The van der Waals surface area contributed by atoms with Gasteiger partial charge in [0.1, 0.15) is 5.31 Å². The molecule has 0 saturated heterocycles. The summed E-state index contributed by atoms with van der Waals surface area (Å²) in [7, 11) is -3.81. The van der Waals surface area contributed by atoms with E-state index in [-0.39, 0.29) is 24.2 Å². The minimum Gasteiger partial charge on any atom is -0.305 e. The van der Waals surface area contributed by atoms with Crippen LogP contribution >= 0.6 is 7.60 Å². The number of unbranched alkanes of at least 4 members (excludes halogenated alkanes) is 2. The van der Waals surface area contributed by atoms with Crippen LogP contribution in [0, 0.1) is 10.1 Å². The van der Waals surface area contributed by atoms with Crippen molar-refractivity contribution in [3.05, 3.63) is 45.3 Å². The second-order valence-electron chi connectivity index (χ2n) is 5.81. The smallest absolute Gasteiger partial charge is 0.305 e. The maximum absolute atomic E-state index is 13.3. The molecule has 1 aromatic carbocycles. The van der Waals surface area contributed by atoms with Crippen LogP contribution in [0.3, 0.4) is 0 Å². The predicted octanol–water partition coefficient (Wildman–Crippen LogP) is 5.35. The molecular formula is C18H26NO6P. The molecular weight excluding hydrogens is 357 g/mol. The van der Waals surface area contributed by atoms with E-state index < -0.39 is 18.3 Å². The molecule has 0 aliphatic carbocycles. The number of benzene rings is 1. The largest absolute Gasteiger partial charge is 0.364 e. The second-order valence-corrected chi connectivity index (χ2v) is 7.80. The lowest BCUT2D eigenvalue weighted by Crippen LogP contribution is -2.07. The van der Waals surface area contributed by atoms with Crippen LogP contribution < -0.4 is 0 Å². The first kappa shape index (κ1) is 22.2. The van der Waals surface area contributed by atoms with Crippen LogP contribution in [0.1, 0.15) is 52.0 Å². The summed E-state index contributed by atoms with van der Waals surface area (Å²) in [5, 5.41) is 10.8. The number of ketones is 1. The fraction of sp³-hybridized carbons (Fsp3) is 0.500. The first-order valence-corrected chi connectivity index (χ1v) is 10.2. The van der Waals surface area contributed by atoms with Crippen molar-refractivity contribution in [1.82, 2.24) is 0 Å². The molecule has 8 heteroatoms. The minimum atomic E-state index is -3.81. The third kappa shape index (κ3) is 6.83. The zero-order valence-corrected chi connectivity index (χ0v) is 16.4. The quantitative estimate of drug-likeness (QED) is 0.159. The van der Waals surface area contributed by atoms with Crippen molar-refractivity contribution in [2.75, 3.05) is 13.2 Å². The molecule has 1 rings (SSSR count). The Kier molecular flexibility index (Phi) is 9.41. The fourth-order valence-electron chi connectivity index (χ4n) is 2.09. The zero-order valence-electron chi connectivity index (χ0n) is 15.5. The van der Waals surface area contributed by atoms with Crippen LogP contribution in [0.2, 0.25) is 0 Å². The van der Waals surface area contributed by atoms with E-state index in [2.05, 4.69) is 0 Å². The van der Waals surface area contributed by atoms with E-state index in [1.54, 1.807) is 6.07 Å². The van der Waals surface area contributed by atoms with E-state index in [1.165, 1.54) is 31.2 Å². The standard InChI is InChI=1S/C18H26NO6P/c1-4-6-11-24-26(23,25-12-7-5-2)18(15(3)20)14-16-9-8-10-17(13-16)19(21)22/h8-10,13-14H,4-7,11-12H2,1-3H3. The van der Waals surface area contributed by atoms with E-state index in [4.69, 9.17) is 9.05 Å². The van der Waals surface area contributed by atoms with E-state index in [1.807, 2.05) is 13.8 Å². The predicted molar refractivity (Wildman–Crippen MR) is 101 cm³/mol. The van der Waals surface area contributed by atoms with Gasteiger partial charge in [-0.2, -0.15) is 0 Å². The maximum Gasteiger partial charge on any atom is 0.364 e. The first-order valence-electron chi connectivity index (χ1n) is 8.70. The Morgan fingerprint density at radius 2 is 1.77 bits per heavy atom. The number of carbonyl (C=O) groups is 1. The van der Waals surface area contributed by atoms with Gasteiger partial charge in [0.25, 0.3) is 5.69 Å². The summed E-state index contributed by atoms with van der Waals surface area (Å²) in [6.45, 7) is 5.63. The summed E-state index contributed by atoms with van der Waals surface area (Å²) < 4.78 is 24.3. The number of carbonyl (C=O) groups excluding carboxylic acids is 1. The molecule has 0 aromatic heterocycles. The number of Topliss-reactive ketones (excluding diaryl/α,β-unsaturated/α-hetero) is 1. The first-order chi connectivity index (χ1) is 12.3. The van der Waals surface area contributed by atoms with Crippen molar-refractivity contribution >= 4 is 25.1 Å². The fourth-order valence-corrected chi connectivity index (χ4v) is 3.88. The van der Waals surface area contributed by atoms with Crippen LogP contribution in [-0.2, 0) is 18.4 Å². The highest BCUT2D eigenvalue weighted by molar-refractivity contribution is 7.60. The molecule has 0 bridgehead atoms. The number of nitro groups is 1. The van der Waals surface area contributed by atoms with Crippen molar-refractivity contribution in [2.24, 2.45) is 0 Å². The number of nitrogens with zero attached hydrogens (tertiary/aromatic N) is 1. The molecule has 0 amide bonds. The van der Waals surface area contributed by atoms with Gasteiger partial charge >= 0.3 is 7.60 Å². The van der Waals surface area contributed by atoms with Gasteiger partial charge in [-0.1, -0.05) is 38.8 Å². The number of allylic oxidation sites excluding steroid dienone is 1. The molecule has 0 unspecified atom stereocenters. The summed E-state index contributed by atoms with van der Waals surface area (Å²) >= 11 is 0. The lowest BCUT2D eigenvalue weighted by molar-refractivity contribution is -0.384. The molecule has 0 heterocycles. The third-order valence-corrected chi connectivity index (χ3v) is 5.64. The average molecular weight is 383 g/mol. The minimum absolute atomic E-state index is 0.0924. The van der Waals surface area contributed by atoms with Gasteiger partial charge in [-0.15, -0.1) is 0 Å². The van der Waals surface area contributed by atoms with Crippen LogP contribution in [0.4, 0.5) is 5.69 Å². The molecule has 0 atom stereocenters. The lowest BCUT2D eigenvalue weighted by Gasteiger charge is -2.20. The Hall–Kier alpha value is -1.82. The zero-order chi connectivity index (χ0) is 19.6. The molecule has 0 radical (unpaired) electrons. The summed E-state index contributed by atoms with van der Waals surface area (Å²) in [5.41, 5.74) is 0.276. The Bertz CT molecular complexity index is 687. The van der Waals surface area contributed by atoms with Gasteiger partial charge in [0, 0.05) is 12.1 Å². The summed E-state index contributed by atoms with van der Waals surface area (Å²) in [6.07, 6.45) is 4.41. The number of rotatable bonds is 12. The van der Waals surface area contributed by atoms with Gasteiger partial charge < -0.3 is 9.05 Å². The van der Waals surface area contributed by atoms with Crippen LogP contribution in [0.15, 0.2) is 29.6 Å². The normalized spacial score (nSPS) is 12.2. The van der Waals surface area contributed by atoms with Crippen LogP contribution in [-0.4, -0.2) is 23.9 Å². The number of hydrogen-bond acceptors (Lipinski definition) is 6. The van der Waals surface area contributed by atoms with Gasteiger partial charge in [-0.3, -0.25) is 19.5 Å². The average Bonchev–Trinajstić information content (AvgIpc) is 2.60. The SMILES string of the molecule is CCCCOP(=O)(OCCCC)C(=Cc1cccc([N+](=O)[O-])c1)C(C)=O. The van der Waals surface area contributed by atoms with Crippen molar-refractivity contribution in [3.8, 4) is 0 Å². The topological polar surface area (TPSA) is 95.7 Å². The maximum atomic E-state index is 13.3. The molecule has 1 aromatic rings. The highest BCUT2D eigenvalue weighted by Gasteiger charge is 2.33. The molecule has 0 aliphatic heterocycles. The van der Waals surface area contributed by atoms with Crippen LogP contribution in [0.25, 0.3) is 6.08 Å². The van der Waals surface area contributed by atoms with Gasteiger partial charge in [-0.25, -0.2) is 0 Å². The van der Waals surface area contributed by atoms with E-state index in [0.717, 1.165) is 12.8 Å². The second kappa shape index (κ2) is 11.0. The third-order valence-electron chi connectivity index (χ3n) is 3.56. The summed E-state index contributed by atoms with van der Waals surface area (Å²) in [4.78, 5) is 22.5. The summed E-state index contributed by atoms with van der Waals surface area (Å²) in [5.74, 6) is -0.451. The van der Waals surface area contributed by atoms with E-state index >= 15 is 0 Å².